The summed E-state index contributed by atoms with van der Waals surface area (Å²) >= 11 is 0. The molecule has 3 heterocycles. The zero-order valence-electron chi connectivity index (χ0n) is 15.6. The first-order valence-corrected chi connectivity index (χ1v) is 9.34. The first kappa shape index (κ1) is 19.6. The fourth-order valence-corrected chi connectivity index (χ4v) is 3.56. The van der Waals surface area contributed by atoms with E-state index in [0.29, 0.717) is 19.3 Å². The van der Waals surface area contributed by atoms with Crippen LogP contribution in [0.5, 0.6) is 11.5 Å². The van der Waals surface area contributed by atoms with Gasteiger partial charge in [-0.25, -0.2) is 4.98 Å². The second kappa shape index (κ2) is 9.15. The number of ether oxygens (including phenoxy) is 2. The molecule has 0 spiro atoms. The van der Waals surface area contributed by atoms with Crippen LogP contribution in [0.3, 0.4) is 0 Å². The minimum atomic E-state index is 0. The number of nitrogens with one attached hydrogen (secondary N) is 1. The van der Waals surface area contributed by atoms with E-state index in [-0.39, 0.29) is 12.4 Å². The topological polar surface area (TPSA) is 49.9 Å². The van der Waals surface area contributed by atoms with Crippen molar-refractivity contribution in [3.8, 4) is 11.5 Å². The van der Waals surface area contributed by atoms with Crippen LogP contribution in [0, 0.1) is 0 Å². The molecule has 0 aliphatic carbocycles. The van der Waals surface area contributed by atoms with Gasteiger partial charge in [0.2, 0.25) is 0 Å². The Morgan fingerprint density at radius 1 is 1.04 bits per heavy atom. The van der Waals surface area contributed by atoms with Crippen molar-refractivity contribution in [1.29, 1.82) is 0 Å². The number of nitrogens with zero attached hydrogens (tertiary/aromatic N) is 3. The van der Waals surface area contributed by atoms with Crippen LogP contribution < -0.4 is 19.7 Å². The highest BCUT2D eigenvalue weighted by atomic mass is 35.5. The Kier molecular flexibility index (Phi) is 6.63. The summed E-state index contributed by atoms with van der Waals surface area (Å²) in [5.74, 6) is 2.70. The molecular weight excluding hydrogens is 364 g/mol. The van der Waals surface area contributed by atoms with Gasteiger partial charge in [-0.3, -0.25) is 4.90 Å². The zero-order valence-corrected chi connectivity index (χ0v) is 16.5. The maximum absolute atomic E-state index is 5.87. The predicted octanol–water partition coefficient (Wildman–Crippen LogP) is 2.90. The fourth-order valence-electron chi connectivity index (χ4n) is 3.56. The molecule has 1 atom stereocenters. The molecule has 0 amide bonds. The van der Waals surface area contributed by atoms with Gasteiger partial charge in [0.1, 0.15) is 19.0 Å². The number of aromatic nitrogens is 1. The first-order valence-electron chi connectivity index (χ1n) is 9.34. The number of piperazine rings is 1. The molecule has 2 aromatic rings. The third-order valence-corrected chi connectivity index (χ3v) is 5.07. The van der Waals surface area contributed by atoms with Crippen molar-refractivity contribution in [2.24, 2.45) is 0 Å². The van der Waals surface area contributed by atoms with E-state index in [9.17, 15) is 0 Å². The lowest BCUT2D eigenvalue weighted by Gasteiger charge is -2.40. The zero-order chi connectivity index (χ0) is 17.8. The summed E-state index contributed by atoms with van der Waals surface area (Å²) < 4.78 is 11.6. The normalized spacial score (nSPS) is 17.7. The van der Waals surface area contributed by atoms with Crippen LogP contribution >= 0.6 is 12.4 Å². The maximum atomic E-state index is 5.87. The molecule has 0 unspecified atom stereocenters. The summed E-state index contributed by atoms with van der Waals surface area (Å²) in [5, 5.41) is 3.42. The van der Waals surface area contributed by atoms with Crippen LogP contribution in [0.25, 0.3) is 0 Å². The van der Waals surface area contributed by atoms with E-state index in [1.807, 2.05) is 30.5 Å². The molecule has 0 saturated carbocycles. The van der Waals surface area contributed by atoms with Crippen molar-refractivity contribution in [1.82, 2.24) is 9.88 Å². The quantitative estimate of drug-likeness (QED) is 0.847. The van der Waals surface area contributed by atoms with Crippen LogP contribution in [0.4, 0.5) is 11.5 Å². The van der Waals surface area contributed by atoms with Gasteiger partial charge in [-0.1, -0.05) is 12.1 Å². The highest BCUT2D eigenvalue weighted by Gasteiger charge is 2.25. The molecule has 4 rings (SSSR count). The number of pyridine rings is 1. The van der Waals surface area contributed by atoms with Gasteiger partial charge in [-0.05, 0) is 31.2 Å². The van der Waals surface area contributed by atoms with Gasteiger partial charge < -0.3 is 19.7 Å². The van der Waals surface area contributed by atoms with Crippen molar-refractivity contribution in [2.75, 3.05) is 56.2 Å². The molecule has 1 N–H and O–H groups in total. The van der Waals surface area contributed by atoms with E-state index >= 15 is 0 Å². The summed E-state index contributed by atoms with van der Waals surface area (Å²) in [6, 6.07) is 12.6. The summed E-state index contributed by atoms with van der Waals surface area (Å²) in [7, 11) is 0. The highest BCUT2D eigenvalue weighted by molar-refractivity contribution is 5.85. The Hall–Kier alpha value is -2.18. The maximum Gasteiger partial charge on any atom is 0.184 e. The van der Waals surface area contributed by atoms with E-state index in [2.05, 4.69) is 39.2 Å². The minimum absolute atomic E-state index is 0. The Bertz CT molecular complexity index is 723. The number of hydrogen-bond donors (Lipinski definition) is 1. The van der Waals surface area contributed by atoms with E-state index in [0.717, 1.165) is 55.7 Å². The summed E-state index contributed by atoms with van der Waals surface area (Å²) in [4.78, 5) is 9.26. The monoisotopic (exact) mass is 390 g/mol. The van der Waals surface area contributed by atoms with E-state index in [1.165, 1.54) is 0 Å². The molecule has 1 aromatic heterocycles. The number of halogens is 1. The highest BCUT2D eigenvalue weighted by Crippen LogP contribution is 2.39. The van der Waals surface area contributed by atoms with Gasteiger partial charge in [0.05, 0.1) is 5.69 Å². The van der Waals surface area contributed by atoms with Crippen LogP contribution in [0.15, 0.2) is 42.6 Å². The Labute approximate surface area is 166 Å². The second-order valence-electron chi connectivity index (χ2n) is 6.77. The predicted molar refractivity (Wildman–Crippen MR) is 111 cm³/mol. The largest absolute Gasteiger partial charge is 0.486 e. The number of rotatable bonds is 5. The Morgan fingerprint density at radius 2 is 1.85 bits per heavy atom. The molecule has 1 saturated heterocycles. The van der Waals surface area contributed by atoms with Crippen molar-refractivity contribution in [3.05, 3.63) is 42.6 Å². The third-order valence-electron chi connectivity index (χ3n) is 5.07. The molecule has 1 fully saturated rings. The van der Waals surface area contributed by atoms with Gasteiger partial charge in [-0.15, -0.1) is 12.4 Å². The van der Waals surface area contributed by atoms with Crippen LogP contribution in [0.1, 0.15) is 6.92 Å². The van der Waals surface area contributed by atoms with Crippen molar-refractivity contribution in [3.63, 3.8) is 0 Å². The number of para-hydroxylation sites is 1. The summed E-state index contributed by atoms with van der Waals surface area (Å²) in [6.45, 7) is 8.49. The van der Waals surface area contributed by atoms with E-state index in [1.54, 1.807) is 0 Å². The number of fused-ring (bicyclic) bond motifs is 1. The average molecular weight is 391 g/mol. The number of anilines is 2. The molecule has 0 radical (unpaired) electrons. The molecule has 27 heavy (non-hydrogen) atoms. The van der Waals surface area contributed by atoms with Crippen LogP contribution in [-0.2, 0) is 0 Å². The minimum Gasteiger partial charge on any atom is -0.486 e. The van der Waals surface area contributed by atoms with Gasteiger partial charge in [0.25, 0.3) is 0 Å². The third kappa shape index (κ3) is 4.57. The van der Waals surface area contributed by atoms with Crippen molar-refractivity contribution >= 4 is 23.9 Å². The molecule has 2 aliphatic heterocycles. The van der Waals surface area contributed by atoms with E-state index in [4.69, 9.17) is 9.47 Å². The Morgan fingerprint density at radius 3 is 2.63 bits per heavy atom. The lowest BCUT2D eigenvalue weighted by Crippen LogP contribution is -2.51. The molecule has 2 aliphatic rings. The lowest BCUT2D eigenvalue weighted by molar-refractivity contribution is 0.170. The number of benzene rings is 1. The smallest absolute Gasteiger partial charge is 0.184 e. The standard InChI is InChI=1S/C20H26N4O2.ClH/c1-16(15-22-19-7-2-3-8-21-19)23-9-11-24(12-10-23)17-5-4-6-18-20(17)26-14-13-25-18;/h2-8,16H,9-15H2,1H3,(H,21,22);1H/t16-;/m1./s1. The second-order valence-corrected chi connectivity index (χ2v) is 6.77. The van der Waals surface area contributed by atoms with Gasteiger partial charge in [-0.2, -0.15) is 0 Å². The molecule has 146 valence electrons. The molecular formula is C20H27ClN4O2. The summed E-state index contributed by atoms with van der Waals surface area (Å²) in [5.41, 5.74) is 1.15. The summed E-state index contributed by atoms with van der Waals surface area (Å²) in [6.07, 6.45) is 1.82. The molecule has 0 bridgehead atoms. The van der Waals surface area contributed by atoms with Gasteiger partial charge >= 0.3 is 0 Å². The van der Waals surface area contributed by atoms with E-state index < -0.39 is 0 Å². The molecule has 6 nitrogen and oxygen atoms in total. The Balaban J connectivity index is 0.00000210. The fraction of sp³-hybridized carbons (Fsp3) is 0.450. The van der Waals surface area contributed by atoms with Gasteiger partial charge in [0, 0.05) is 45.0 Å². The SMILES string of the molecule is C[C@H](CNc1ccccn1)N1CCN(c2cccc3c2OCCO3)CC1.Cl. The number of hydrogen-bond acceptors (Lipinski definition) is 6. The first-order chi connectivity index (χ1) is 12.8. The van der Waals surface area contributed by atoms with Crippen molar-refractivity contribution in [2.45, 2.75) is 13.0 Å². The lowest BCUT2D eigenvalue weighted by atomic mass is 10.2. The van der Waals surface area contributed by atoms with Gasteiger partial charge in [0.15, 0.2) is 11.5 Å². The van der Waals surface area contributed by atoms with Crippen LogP contribution in [0.2, 0.25) is 0 Å². The van der Waals surface area contributed by atoms with Crippen molar-refractivity contribution < 1.29 is 9.47 Å². The molecule has 1 aromatic carbocycles. The molecule has 7 heteroatoms. The van der Waals surface area contributed by atoms with Crippen LogP contribution in [-0.4, -0.2) is 61.9 Å². The average Bonchev–Trinajstić information content (AvgIpc) is 2.72.